The van der Waals surface area contributed by atoms with E-state index in [1.807, 2.05) is 41.8 Å². The van der Waals surface area contributed by atoms with Crippen LogP contribution in [0.15, 0.2) is 24.3 Å². The van der Waals surface area contributed by atoms with Crippen molar-refractivity contribution in [3.8, 4) is 5.82 Å². The van der Waals surface area contributed by atoms with E-state index in [1.54, 1.807) is 4.68 Å². The summed E-state index contributed by atoms with van der Waals surface area (Å²) in [5, 5.41) is 13.0. The van der Waals surface area contributed by atoms with Gasteiger partial charge in [0.05, 0.1) is 5.69 Å². The van der Waals surface area contributed by atoms with Gasteiger partial charge in [-0.3, -0.25) is 0 Å². The second-order valence-electron chi connectivity index (χ2n) is 7.22. The van der Waals surface area contributed by atoms with E-state index in [0.29, 0.717) is 37.8 Å². The Kier molecular flexibility index (Phi) is 5.04. The summed E-state index contributed by atoms with van der Waals surface area (Å²) in [7, 11) is 0. The van der Waals surface area contributed by atoms with Crippen LogP contribution in [0.5, 0.6) is 0 Å². The molecule has 0 amide bonds. The van der Waals surface area contributed by atoms with Crippen molar-refractivity contribution in [2.75, 3.05) is 36.0 Å². The Bertz CT molecular complexity index is 1040. The lowest BCUT2D eigenvalue weighted by molar-refractivity contribution is -0.141. The van der Waals surface area contributed by atoms with Crippen LogP contribution in [-0.2, 0) is 6.18 Å². The van der Waals surface area contributed by atoms with Crippen LogP contribution in [0.3, 0.4) is 0 Å². The number of aromatic nitrogens is 6. The van der Waals surface area contributed by atoms with Gasteiger partial charge in [0, 0.05) is 37.9 Å². The van der Waals surface area contributed by atoms with Crippen molar-refractivity contribution in [2.24, 2.45) is 0 Å². The van der Waals surface area contributed by atoms with Crippen molar-refractivity contribution in [1.29, 1.82) is 0 Å². The zero-order valence-electron chi connectivity index (χ0n) is 16.8. The number of piperazine rings is 1. The lowest BCUT2D eigenvalue weighted by atomic mass is 10.2. The highest BCUT2D eigenvalue weighted by molar-refractivity contribution is 5.46. The quantitative estimate of drug-likeness (QED) is 0.647. The number of aryl methyl sites for hydroxylation is 3. The fourth-order valence-electron chi connectivity index (χ4n) is 3.48. The van der Waals surface area contributed by atoms with Crippen LogP contribution in [0, 0.1) is 20.8 Å². The summed E-state index contributed by atoms with van der Waals surface area (Å²) in [6, 6.07) is 6.71. The monoisotopic (exact) mass is 418 g/mol. The molecular formula is C19H21F3N8. The van der Waals surface area contributed by atoms with Crippen molar-refractivity contribution in [3.05, 3.63) is 47.2 Å². The second kappa shape index (κ2) is 7.54. The van der Waals surface area contributed by atoms with Gasteiger partial charge in [-0.15, -0.1) is 10.2 Å². The molecule has 0 aliphatic carbocycles. The van der Waals surface area contributed by atoms with Crippen LogP contribution in [0.25, 0.3) is 5.82 Å². The highest BCUT2D eigenvalue weighted by Crippen LogP contribution is 2.30. The Morgan fingerprint density at radius 1 is 0.800 bits per heavy atom. The molecule has 4 heterocycles. The number of halogens is 3. The fourth-order valence-corrected chi connectivity index (χ4v) is 3.48. The highest BCUT2D eigenvalue weighted by atomic mass is 19.4. The summed E-state index contributed by atoms with van der Waals surface area (Å²) in [5.41, 5.74) is 0.961. The SMILES string of the molecule is Cc1cc(C)n(-c2ccc(N3CCN(c4cc(C(F)(F)F)nc(C)n4)CC3)nn2)n1. The molecule has 11 heteroatoms. The predicted molar refractivity (Wildman–Crippen MR) is 105 cm³/mol. The molecule has 1 fully saturated rings. The average molecular weight is 418 g/mol. The maximum atomic E-state index is 13.0. The fraction of sp³-hybridized carbons (Fsp3) is 0.421. The topological polar surface area (TPSA) is 75.9 Å². The predicted octanol–water partition coefficient (Wildman–Crippen LogP) is 2.72. The minimum absolute atomic E-state index is 0.105. The van der Waals surface area contributed by atoms with Crippen LogP contribution in [-0.4, -0.2) is 56.1 Å². The third-order valence-electron chi connectivity index (χ3n) is 4.91. The van der Waals surface area contributed by atoms with Gasteiger partial charge in [0.15, 0.2) is 11.6 Å². The third kappa shape index (κ3) is 4.05. The molecule has 0 bridgehead atoms. The molecule has 0 radical (unpaired) electrons. The van der Waals surface area contributed by atoms with E-state index in [9.17, 15) is 13.2 Å². The minimum atomic E-state index is -4.49. The second-order valence-corrected chi connectivity index (χ2v) is 7.22. The van der Waals surface area contributed by atoms with Crippen molar-refractivity contribution in [3.63, 3.8) is 0 Å². The zero-order valence-corrected chi connectivity index (χ0v) is 16.8. The summed E-state index contributed by atoms with van der Waals surface area (Å²) in [5.74, 6) is 1.75. The summed E-state index contributed by atoms with van der Waals surface area (Å²) >= 11 is 0. The van der Waals surface area contributed by atoms with Crippen LogP contribution in [0.4, 0.5) is 24.8 Å². The molecule has 0 saturated carbocycles. The van der Waals surface area contributed by atoms with Crippen molar-refractivity contribution < 1.29 is 13.2 Å². The molecule has 1 aliphatic rings. The molecule has 0 spiro atoms. The number of hydrogen-bond donors (Lipinski definition) is 0. The van der Waals surface area contributed by atoms with Gasteiger partial charge in [-0.05, 0) is 39.0 Å². The van der Waals surface area contributed by atoms with E-state index < -0.39 is 11.9 Å². The van der Waals surface area contributed by atoms with E-state index >= 15 is 0 Å². The molecule has 0 N–H and O–H groups in total. The van der Waals surface area contributed by atoms with Crippen LogP contribution < -0.4 is 9.80 Å². The maximum absolute atomic E-state index is 13.0. The standard InChI is InChI=1S/C19H21F3N8/c1-12-10-13(2)30(27-12)17-5-4-16(25-26-17)28-6-8-29(9-7-28)18-11-15(19(20,21)22)23-14(3)24-18/h4-5,10-11H,6-9H2,1-3H3. The molecule has 158 valence electrons. The Morgan fingerprint density at radius 2 is 1.40 bits per heavy atom. The zero-order chi connectivity index (χ0) is 21.5. The molecule has 3 aromatic rings. The number of anilines is 2. The van der Waals surface area contributed by atoms with Gasteiger partial charge in [0.2, 0.25) is 0 Å². The normalized spacial score (nSPS) is 15.0. The third-order valence-corrected chi connectivity index (χ3v) is 4.91. The van der Waals surface area contributed by atoms with Gasteiger partial charge >= 0.3 is 6.18 Å². The lowest BCUT2D eigenvalue weighted by Crippen LogP contribution is -2.47. The molecule has 30 heavy (non-hydrogen) atoms. The highest BCUT2D eigenvalue weighted by Gasteiger charge is 2.34. The largest absolute Gasteiger partial charge is 0.433 e. The van der Waals surface area contributed by atoms with E-state index in [2.05, 4.69) is 25.3 Å². The van der Waals surface area contributed by atoms with Crippen molar-refractivity contribution in [1.82, 2.24) is 29.9 Å². The van der Waals surface area contributed by atoms with Crippen molar-refractivity contribution in [2.45, 2.75) is 26.9 Å². The van der Waals surface area contributed by atoms with Gasteiger partial charge in [-0.1, -0.05) is 0 Å². The number of hydrogen-bond acceptors (Lipinski definition) is 7. The van der Waals surface area contributed by atoms with E-state index in [-0.39, 0.29) is 5.82 Å². The molecule has 3 aromatic heterocycles. The minimum Gasteiger partial charge on any atom is -0.353 e. The first-order chi connectivity index (χ1) is 14.2. The van der Waals surface area contributed by atoms with Crippen LogP contribution in [0.2, 0.25) is 0 Å². The van der Waals surface area contributed by atoms with Gasteiger partial charge in [-0.2, -0.15) is 18.3 Å². The Morgan fingerprint density at radius 3 is 1.93 bits per heavy atom. The maximum Gasteiger partial charge on any atom is 0.433 e. The van der Waals surface area contributed by atoms with E-state index in [1.165, 1.54) is 6.92 Å². The Hall–Kier alpha value is -3.24. The van der Waals surface area contributed by atoms with Crippen LogP contribution >= 0.6 is 0 Å². The molecule has 4 rings (SSSR count). The van der Waals surface area contributed by atoms with E-state index in [4.69, 9.17) is 0 Å². The summed E-state index contributed by atoms with van der Waals surface area (Å²) < 4.78 is 40.9. The summed E-state index contributed by atoms with van der Waals surface area (Å²) in [6.45, 7) is 7.57. The van der Waals surface area contributed by atoms with Gasteiger partial charge in [0.1, 0.15) is 17.3 Å². The molecule has 0 aromatic carbocycles. The first kappa shape index (κ1) is 20.0. The average Bonchev–Trinajstić information content (AvgIpc) is 3.05. The number of rotatable bonds is 3. The molecule has 0 atom stereocenters. The first-order valence-corrected chi connectivity index (χ1v) is 9.51. The Balaban J connectivity index is 1.45. The number of nitrogens with zero attached hydrogens (tertiary/aromatic N) is 8. The summed E-state index contributed by atoms with van der Waals surface area (Å²) in [4.78, 5) is 11.6. The number of alkyl halides is 3. The smallest absolute Gasteiger partial charge is 0.353 e. The van der Waals surface area contributed by atoms with Crippen molar-refractivity contribution >= 4 is 11.6 Å². The van der Waals surface area contributed by atoms with Gasteiger partial charge in [0.25, 0.3) is 0 Å². The van der Waals surface area contributed by atoms with Gasteiger partial charge < -0.3 is 9.80 Å². The van der Waals surface area contributed by atoms with Gasteiger partial charge in [-0.25, -0.2) is 14.6 Å². The first-order valence-electron chi connectivity index (χ1n) is 9.51. The molecule has 1 aliphatic heterocycles. The lowest BCUT2D eigenvalue weighted by Gasteiger charge is -2.36. The molecule has 1 saturated heterocycles. The Labute approximate surface area is 171 Å². The van der Waals surface area contributed by atoms with E-state index in [0.717, 1.165) is 23.3 Å². The molecule has 8 nitrogen and oxygen atoms in total. The molecule has 0 unspecified atom stereocenters. The summed E-state index contributed by atoms with van der Waals surface area (Å²) in [6.07, 6.45) is -4.49. The van der Waals surface area contributed by atoms with Crippen LogP contribution in [0.1, 0.15) is 22.9 Å². The molecular weight excluding hydrogens is 397 g/mol.